The van der Waals surface area contributed by atoms with Crippen LogP contribution in [0.5, 0.6) is 11.5 Å². The second kappa shape index (κ2) is 15.0. The number of rotatable bonds is 11. The lowest BCUT2D eigenvalue weighted by Gasteiger charge is -2.13. The van der Waals surface area contributed by atoms with Crippen molar-refractivity contribution in [2.75, 3.05) is 33.9 Å². The van der Waals surface area contributed by atoms with E-state index in [0.717, 1.165) is 80.8 Å². The molecule has 2 N–H and O–H groups in total. The Balaban J connectivity index is 0.00000385. The van der Waals surface area contributed by atoms with Gasteiger partial charge in [0.1, 0.15) is 11.6 Å². The number of ether oxygens (including phenoxy) is 2. The van der Waals surface area contributed by atoms with E-state index in [-0.39, 0.29) is 24.0 Å². The lowest BCUT2D eigenvalue weighted by atomic mass is 10.1. The molecule has 9 heteroatoms. The maximum atomic E-state index is 5.67. The first-order valence-corrected chi connectivity index (χ1v) is 11.9. The summed E-state index contributed by atoms with van der Waals surface area (Å²) in [5.74, 6) is 4.71. The summed E-state index contributed by atoms with van der Waals surface area (Å²) < 4.78 is 13.4. The van der Waals surface area contributed by atoms with Gasteiger partial charge in [0.05, 0.1) is 13.7 Å². The Morgan fingerprint density at radius 3 is 2.58 bits per heavy atom. The molecule has 184 valence electrons. The summed E-state index contributed by atoms with van der Waals surface area (Å²) >= 11 is 0. The van der Waals surface area contributed by atoms with Crippen LogP contribution in [0.25, 0.3) is 0 Å². The molecule has 0 fully saturated rings. The van der Waals surface area contributed by atoms with Gasteiger partial charge in [-0.15, -0.1) is 34.2 Å². The van der Waals surface area contributed by atoms with Crippen LogP contribution in [0.1, 0.15) is 56.2 Å². The molecule has 2 aromatic rings. The van der Waals surface area contributed by atoms with Gasteiger partial charge in [0, 0.05) is 39.5 Å². The third-order valence-electron chi connectivity index (χ3n) is 5.74. The molecule has 2 heterocycles. The van der Waals surface area contributed by atoms with Gasteiger partial charge in [-0.2, -0.15) is 0 Å². The molecule has 1 aliphatic heterocycles. The lowest BCUT2D eigenvalue weighted by Crippen LogP contribution is -2.38. The van der Waals surface area contributed by atoms with Crippen molar-refractivity contribution in [2.45, 2.75) is 64.8 Å². The van der Waals surface area contributed by atoms with Crippen LogP contribution >= 0.6 is 24.0 Å². The number of fused-ring (bicyclic) bond motifs is 1. The fourth-order valence-corrected chi connectivity index (χ4v) is 4.05. The van der Waals surface area contributed by atoms with Crippen LogP contribution in [-0.2, 0) is 25.8 Å². The quantitative estimate of drug-likeness (QED) is 0.185. The van der Waals surface area contributed by atoms with E-state index < -0.39 is 0 Å². The molecule has 0 atom stereocenters. The highest BCUT2D eigenvalue weighted by Gasteiger charge is 2.14. The monoisotopic (exact) mass is 570 g/mol. The van der Waals surface area contributed by atoms with Crippen LogP contribution < -0.4 is 20.1 Å². The van der Waals surface area contributed by atoms with Crippen molar-refractivity contribution in [1.29, 1.82) is 0 Å². The van der Waals surface area contributed by atoms with Crippen LogP contribution in [0.4, 0.5) is 0 Å². The minimum atomic E-state index is 0. The van der Waals surface area contributed by atoms with Crippen molar-refractivity contribution >= 4 is 29.9 Å². The Morgan fingerprint density at radius 1 is 1.06 bits per heavy atom. The minimum Gasteiger partial charge on any atom is -0.493 e. The molecule has 1 aromatic heterocycles. The first-order valence-electron chi connectivity index (χ1n) is 11.9. The average molecular weight is 571 g/mol. The van der Waals surface area contributed by atoms with Crippen molar-refractivity contribution in [2.24, 2.45) is 4.99 Å². The van der Waals surface area contributed by atoms with Gasteiger partial charge in [0.2, 0.25) is 0 Å². The third-order valence-corrected chi connectivity index (χ3v) is 5.74. The number of guanidine groups is 1. The van der Waals surface area contributed by atoms with Gasteiger partial charge < -0.3 is 24.7 Å². The summed E-state index contributed by atoms with van der Waals surface area (Å²) in [5.41, 5.74) is 1.24. The Morgan fingerprint density at radius 2 is 1.85 bits per heavy atom. The molecule has 0 amide bonds. The van der Waals surface area contributed by atoms with E-state index in [9.17, 15) is 0 Å². The van der Waals surface area contributed by atoms with E-state index >= 15 is 0 Å². The fraction of sp³-hybridized carbons (Fsp3) is 0.625. The van der Waals surface area contributed by atoms with Crippen molar-refractivity contribution in [3.63, 3.8) is 0 Å². The van der Waals surface area contributed by atoms with E-state index in [2.05, 4.69) is 42.5 Å². The van der Waals surface area contributed by atoms with Gasteiger partial charge in [-0.1, -0.05) is 12.5 Å². The van der Waals surface area contributed by atoms with Gasteiger partial charge in [-0.25, -0.2) is 0 Å². The molecule has 0 spiro atoms. The first-order chi connectivity index (χ1) is 15.7. The summed E-state index contributed by atoms with van der Waals surface area (Å²) in [6, 6.07) is 6.14. The Labute approximate surface area is 215 Å². The molecule has 1 aliphatic rings. The molecular formula is C24H39IN6O2. The number of halogens is 1. The molecule has 0 bridgehead atoms. The molecule has 0 saturated carbocycles. The third kappa shape index (κ3) is 8.35. The number of methoxy groups -OCH3 is 1. The Kier molecular flexibility index (Phi) is 12.3. The van der Waals surface area contributed by atoms with Gasteiger partial charge >= 0.3 is 0 Å². The van der Waals surface area contributed by atoms with Gasteiger partial charge in [0.15, 0.2) is 17.5 Å². The average Bonchev–Trinajstić information content (AvgIpc) is 3.04. The number of benzene rings is 1. The molecule has 8 nitrogen and oxygen atoms in total. The van der Waals surface area contributed by atoms with Gasteiger partial charge in [-0.05, 0) is 56.7 Å². The molecule has 0 aliphatic carbocycles. The smallest absolute Gasteiger partial charge is 0.190 e. The fourth-order valence-electron chi connectivity index (χ4n) is 4.05. The molecule has 3 rings (SSSR count). The number of hydrogen-bond acceptors (Lipinski definition) is 5. The largest absolute Gasteiger partial charge is 0.493 e. The summed E-state index contributed by atoms with van der Waals surface area (Å²) in [6.07, 6.45) is 8.73. The molecular weight excluding hydrogens is 531 g/mol. The summed E-state index contributed by atoms with van der Waals surface area (Å²) in [4.78, 5) is 4.34. The van der Waals surface area contributed by atoms with Crippen LogP contribution in [0, 0.1) is 0 Å². The number of aliphatic imine (C=N–C) groups is 1. The highest BCUT2D eigenvalue weighted by Crippen LogP contribution is 2.28. The van der Waals surface area contributed by atoms with Crippen molar-refractivity contribution in [3.05, 3.63) is 35.4 Å². The molecule has 0 unspecified atom stereocenters. The van der Waals surface area contributed by atoms with E-state index in [4.69, 9.17) is 9.47 Å². The highest BCUT2D eigenvalue weighted by atomic mass is 127. The molecule has 0 radical (unpaired) electrons. The van der Waals surface area contributed by atoms with E-state index in [1.807, 2.05) is 20.0 Å². The Hall–Kier alpha value is -2.04. The summed E-state index contributed by atoms with van der Waals surface area (Å²) in [5, 5.41) is 15.6. The molecule has 0 saturated heterocycles. The first kappa shape index (κ1) is 27.2. The predicted molar refractivity (Wildman–Crippen MR) is 143 cm³/mol. The predicted octanol–water partition coefficient (Wildman–Crippen LogP) is 3.76. The van der Waals surface area contributed by atoms with Crippen LogP contribution in [0.2, 0.25) is 0 Å². The summed E-state index contributed by atoms with van der Waals surface area (Å²) in [6.45, 7) is 5.39. The van der Waals surface area contributed by atoms with Gasteiger partial charge in [-0.3, -0.25) is 4.99 Å². The van der Waals surface area contributed by atoms with Crippen LogP contribution in [0.3, 0.4) is 0 Å². The topological polar surface area (TPSA) is 85.6 Å². The van der Waals surface area contributed by atoms with Crippen molar-refractivity contribution in [3.8, 4) is 11.5 Å². The second-order valence-electron chi connectivity index (χ2n) is 8.05. The standard InChI is InChI=1S/C24H38N6O2.HI/c1-4-32-21-18-19(13-14-20(21)31-3)10-8-15-26-24(25-2)27-16-9-12-23-29-28-22-11-6-5-7-17-30(22)23;/h13-14,18H,4-12,15-17H2,1-3H3,(H2,25,26,27);1H. The van der Waals surface area contributed by atoms with Crippen molar-refractivity contribution < 1.29 is 9.47 Å². The SMILES string of the molecule is CCOc1cc(CCCNC(=NC)NCCCc2nnc3n2CCCCC3)ccc1OC.I. The van der Waals surface area contributed by atoms with Crippen molar-refractivity contribution in [1.82, 2.24) is 25.4 Å². The normalized spacial score (nSPS) is 13.5. The maximum absolute atomic E-state index is 5.67. The number of aromatic nitrogens is 3. The molecule has 1 aromatic carbocycles. The maximum Gasteiger partial charge on any atom is 0.190 e. The second-order valence-corrected chi connectivity index (χ2v) is 8.05. The number of nitrogens with zero attached hydrogens (tertiary/aromatic N) is 4. The zero-order valence-electron chi connectivity index (χ0n) is 20.2. The van der Waals surface area contributed by atoms with Crippen LogP contribution in [0.15, 0.2) is 23.2 Å². The van der Waals surface area contributed by atoms with Gasteiger partial charge in [0.25, 0.3) is 0 Å². The number of hydrogen-bond donors (Lipinski definition) is 2. The van der Waals surface area contributed by atoms with E-state index in [0.29, 0.717) is 6.61 Å². The van der Waals surface area contributed by atoms with E-state index in [1.54, 1.807) is 7.11 Å². The lowest BCUT2D eigenvalue weighted by molar-refractivity contribution is 0.310. The zero-order chi connectivity index (χ0) is 22.6. The zero-order valence-corrected chi connectivity index (χ0v) is 22.6. The summed E-state index contributed by atoms with van der Waals surface area (Å²) in [7, 11) is 3.48. The number of nitrogens with one attached hydrogen (secondary N) is 2. The minimum absolute atomic E-state index is 0. The van der Waals surface area contributed by atoms with E-state index in [1.165, 1.54) is 24.8 Å². The van der Waals surface area contributed by atoms with Crippen LogP contribution in [-0.4, -0.2) is 54.6 Å². The highest BCUT2D eigenvalue weighted by molar-refractivity contribution is 14.0. The Bertz CT molecular complexity index is 871. The number of aryl methyl sites for hydroxylation is 3. The molecule has 33 heavy (non-hydrogen) atoms.